The Labute approximate surface area is 169 Å². The third kappa shape index (κ3) is 3.88. The minimum Gasteiger partial charge on any atom is -0.388 e. The van der Waals surface area contributed by atoms with E-state index in [4.69, 9.17) is 16.3 Å². The number of nitrogens with one attached hydrogen (secondary N) is 1. The number of benzene rings is 2. The zero-order chi connectivity index (χ0) is 20.1. The Bertz CT molecular complexity index is 899. The van der Waals surface area contributed by atoms with Crippen LogP contribution in [0.25, 0.3) is 0 Å². The summed E-state index contributed by atoms with van der Waals surface area (Å²) < 4.78 is 5.01. The number of methoxy groups -OCH3 is 1. The smallest absolute Gasteiger partial charge is 0.270 e. The summed E-state index contributed by atoms with van der Waals surface area (Å²) in [6, 6.07) is 14.4. The molecule has 0 saturated heterocycles. The van der Waals surface area contributed by atoms with Crippen LogP contribution in [-0.4, -0.2) is 38.6 Å². The molecule has 1 N–H and O–H groups in total. The number of amides is 2. The molecule has 2 aromatic carbocycles. The van der Waals surface area contributed by atoms with E-state index >= 15 is 0 Å². The first-order valence-electron chi connectivity index (χ1n) is 9.02. The van der Waals surface area contributed by atoms with Crippen molar-refractivity contribution in [2.24, 2.45) is 0 Å². The zero-order valence-corrected chi connectivity index (χ0v) is 16.6. The fraction of sp³-hybridized carbons (Fsp3) is 0.238. The number of carbonyl (C=O) groups excluding carboxylic acids is 2. The van der Waals surface area contributed by atoms with E-state index in [1.807, 2.05) is 37.3 Å². The number of fused-ring (bicyclic) bond motifs is 1. The second-order valence-corrected chi connectivity index (χ2v) is 6.60. The summed E-state index contributed by atoms with van der Waals surface area (Å²) in [4.78, 5) is 29.7. The van der Waals surface area contributed by atoms with Crippen LogP contribution in [0.1, 0.15) is 6.92 Å². The molecular formula is C21H22ClN3O3. The van der Waals surface area contributed by atoms with E-state index in [1.165, 1.54) is 11.1 Å². The normalized spacial score (nSPS) is 15.6. The van der Waals surface area contributed by atoms with E-state index in [0.717, 1.165) is 0 Å². The van der Waals surface area contributed by atoms with Crippen molar-refractivity contribution < 1.29 is 14.3 Å². The number of nitrogens with zero attached hydrogens (tertiary/aromatic N) is 2. The molecule has 1 heterocycles. The zero-order valence-electron chi connectivity index (χ0n) is 15.8. The van der Waals surface area contributed by atoms with Gasteiger partial charge in [-0.15, -0.1) is 0 Å². The van der Waals surface area contributed by atoms with Crippen molar-refractivity contribution in [1.29, 1.82) is 0 Å². The van der Waals surface area contributed by atoms with Crippen molar-refractivity contribution in [3.63, 3.8) is 0 Å². The lowest BCUT2D eigenvalue weighted by molar-refractivity contribution is -0.120. The third-order valence-electron chi connectivity index (χ3n) is 4.41. The highest BCUT2D eigenvalue weighted by atomic mass is 35.5. The van der Waals surface area contributed by atoms with Crippen LogP contribution in [-0.2, 0) is 14.3 Å². The van der Waals surface area contributed by atoms with Gasteiger partial charge in [-0.3, -0.25) is 14.5 Å². The predicted molar refractivity (Wildman–Crippen MR) is 111 cm³/mol. The molecule has 0 aliphatic carbocycles. The molecule has 0 radical (unpaired) electrons. The standard InChI is InChI=1S/C21H22ClN3O3/c1-3-24-18-10-9-15(22)13-19(18)25(16-7-5-4-6-8-16)21(27)17(20(24)26)14-23-11-12-28-2/h4-10,13-14,23H,3,11-12H2,1-2H3/b17-14+. The van der Waals surface area contributed by atoms with Crippen molar-refractivity contribution in [2.75, 3.05) is 36.6 Å². The van der Waals surface area contributed by atoms with Gasteiger partial charge in [-0.25, -0.2) is 0 Å². The molecule has 3 rings (SSSR count). The van der Waals surface area contributed by atoms with Crippen LogP contribution in [0.5, 0.6) is 0 Å². The number of ether oxygens (including phenoxy) is 1. The van der Waals surface area contributed by atoms with Crippen LogP contribution >= 0.6 is 11.6 Å². The molecule has 0 saturated carbocycles. The molecule has 0 fully saturated rings. The highest BCUT2D eigenvalue weighted by molar-refractivity contribution is 6.34. The van der Waals surface area contributed by atoms with E-state index in [2.05, 4.69) is 5.32 Å². The lowest BCUT2D eigenvalue weighted by Crippen LogP contribution is -2.35. The molecule has 0 atom stereocenters. The van der Waals surface area contributed by atoms with Gasteiger partial charge in [-0.2, -0.15) is 0 Å². The second kappa shape index (κ2) is 8.91. The van der Waals surface area contributed by atoms with Crippen molar-refractivity contribution in [3.05, 3.63) is 65.3 Å². The minimum absolute atomic E-state index is 0.0501. The van der Waals surface area contributed by atoms with Crippen molar-refractivity contribution in [1.82, 2.24) is 5.32 Å². The predicted octanol–water partition coefficient (Wildman–Crippen LogP) is 3.49. The number of halogens is 1. The number of likely N-dealkylation sites (N-methyl/N-ethyl adjacent to an activating group) is 1. The number of hydrogen-bond donors (Lipinski definition) is 1. The first-order valence-corrected chi connectivity index (χ1v) is 9.39. The van der Waals surface area contributed by atoms with Gasteiger partial charge in [0.15, 0.2) is 0 Å². The van der Waals surface area contributed by atoms with Crippen molar-refractivity contribution >= 4 is 40.5 Å². The average molecular weight is 400 g/mol. The highest BCUT2D eigenvalue weighted by Crippen LogP contribution is 2.40. The van der Waals surface area contributed by atoms with Gasteiger partial charge < -0.3 is 15.0 Å². The largest absolute Gasteiger partial charge is 0.388 e. The van der Waals surface area contributed by atoms with Gasteiger partial charge in [-0.05, 0) is 37.3 Å². The van der Waals surface area contributed by atoms with E-state index in [-0.39, 0.29) is 11.5 Å². The second-order valence-electron chi connectivity index (χ2n) is 6.16. The first-order chi connectivity index (χ1) is 13.6. The molecule has 7 heteroatoms. The van der Waals surface area contributed by atoms with Gasteiger partial charge in [0, 0.05) is 37.1 Å². The summed E-state index contributed by atoms with van der Waals surface area (Å²) in [5, 5.41) is 3.48. The summed E-state index contributed by atoms with van der Waals surface area (Å²) in [5.74, 6) is -0.778. The summed E-state index contributed by atoms with van der Waals surface area (Å²) >= 11 is 6.23. The third-order valence-corrected chi connectivity index (χ3v) is 4.64. The Morgan fingerprint density at radius 2 is 1.82 bits per heavy atom. The van der Waals surface area contributed by atoms with Gasteiger partial charge in [0.05, 0.1) is 18.0 Å². The molecule has 1 aliphatic rings. The number of carbonyl (C=O) groups is 2. The van der Waals surface area contributed by atoms with Gasteiger partial charge in [0.2, 0.25) is 0 Å². The molecule has 1 aliphatic heterocycles. The summed E-state index contributed by atoms with van der Waals surface area (Å²) in [7, 11) is 1.59. The lowest BCUT2D eigenvalue weighted by atomic mass is 10.2. The molecule has 6 nitrogen and oxygen atoms in total. The van der Waals surface area contributed by atoms with E-state index in [0.29, 0.717) is 41.8 Å². The lowest BCUT2D eigenvalue weighted by Gasteiger charge is -2.24. The molecule has 28 heavy (non-hydrogen) atoms. The fourth-order valence-corrected chi connectivity index (χ4v) is 3.25. The fourth-order valence-electron chi connectivity index (χ4n) is 3.09. The quantitative estimate of drug-likeness (QED) is 0.459. The number of rotatable bonds is 6. The molecule has 2 amide bonds. The van der Waals surface area contributed by atoms with Crippen LogP contribution in [0.15, 0.2) is 60.3 Å². The van der Waals surface area contributed by atoms with Gasteiger partial charge in [-0.1, -0.05) is 29.8 Å². The Morgan fingerprint density at radius 3 is 2.50 bits per heavy atom. The maximum atomic E-state index is 13.5. The van der Waals surface area contributed by atoms with Crippen LogP contribution in [0.2, 0.25) is 5.02 Å². The summed E-state index contributed by atoms with van der Waals surface area (Å²) in [5.41, 5.74) is 1.91. The van der Waals surface area contributed by atoms with Crippen LogP contribution < -0.4 is 15.1 Å². The summed E-state index contributed by atoms with van der Waals surface area (Å²) in [6.45, 7) is 3.23. The molecular weight excluding hydrogens is 378 g/mol. The van der Waals surface area contributed by atoms with E-state index < -0.39 is 5.91 Å². The van der Waals surface area contributed by atoms with E-state index in [1.54, 1.807) is 30.2 Å². The van der Waals surface area contributed by atoms with Gasteiger partial charge >= 0.3 is 0 Å². The van der Waals surface area contributed by atoms with Crippen LogP contribution in [0, 0.1) is 0 Å². The molecule has 146 valence electrons. The van der Waals surface area contributed by atoms with Crippen LogP contribution in [0.3, 0.4) is 0 Å². The minimum atomic E-state index is -0.416. The molecule has 0 spiro atoms. The topological polar surface area (TPSA) is 61.9 Å². The van der Waals surface area contributed by atoms with Gasteiger partial charge in [0.1, 0.15) is 5.57 Å². The Hall–Kier alpha value is -2.83. The van der Waals surface area contributed by atoms with Crippen molar-refractivity contribution in [2.45, 2.75) is 6.92 Å². The Kier molecular flexibility index (Phi) is 6.34. The maximum Gasteiger partial charge on any atom is 0.270 e. The van der Waals surface area contributed by atoms with Gasteiger partial charge in [0.25, 0.3) is 11.8 Å². The molecule has 2 aromatic rings. The Morgan fingerprint density at radius 1 is 1.07 bits per heavy atom. The number of anilines is 3. The number of hydrogen-bond acceptors (Lipinski definition) is 4. The molecule has 0 unspecified atom stereocenters. The highest BCUT2D eigenvalue weighted by Gasteiger charge is 2.36. The Balaban J connectivity index is 2.17. The first kappa shape index (κ1) is 19.9. The number of para-hydroxylation sites is 1. The van der Waals surface area contributed by atoms with Crippen LogP contribution in [0.4, 0.5) is 17.1 Å². The summed E-state index contributed by atoms with van der Waals surface area (Å²) in [6.07, 6.45) is 1.47. The van der Waals surface area contributed by atoms with E-state index in [9.17, 15) is 9.59 Å². The SMILES string of the molecule is CCN1C(=O)/C(=C\NCCOC)C(=O)N(c2ccccc2)c2cc(Cl)ccc21. The average Bonchev–Trinajstić information content (AvgIpc) is 2.78. The molecule has 0 bridgehead atoms. The molecule has 0 aromatic heterocycles. The van der Waals surface area contributed by atoms with Crippen molar-refractivity contribution in [3.8, 4) is 0 Å². The maximum absolute atomic E-state index is 13.5. The monoisotopic (exact) mass is 399 g/mol.